The highest BCUT2D eigenvalue weighted by Crippen LogP contribution is 2.37. The Labute approximate surface area is 147 Å². The molecule has 1 aliphatic rings. The van der Waals surface area contributed by atoms with Crippen molar-refractivity contribution >= 4 is 49.5 Å². The summed E-state index contributed by atoms with van der Waals surface area (Å²) in [6.07, 6.45) is 0.356. The third kappa shape index (κ3) is 2.86. The fourth-order valence-electron chi connectivity index (χ4n) is 2.61. The first-order valence-corrected chi connectivity index (χ1v) is 8.21. The second-order valence-electron chi connectivity index (χ2n) is 5.05. The Balaban J connectivity index is 2.00. The number of fused-ring (bicyclic) bond motifs is 1. The largest absolute Gasteiger partial charge is 0.494 e. The van der Waals surface area contributed by atoms with Gasteiger partial charge in [0.25, 0.3) is 5.56 Å². The summed E-state index contributed by atoms with van der Waals surface area (Å²) in [7, 11) is 1.57. The van der Waals surface area contributed by atoms with Crippen molar-refractivity contribution in [1.82, 2.24) is 9.97 Å². The van der Waals surface area contributed by atoms with Crippen LogP contribution in [0.15, 0.2) is 25.9 Å². The molecule has 1 aromatic carbocycles. The summed E-state index contributed by atoms with van der Waals surface area (Å²) in [6, 6.07) is 3.71. The van der Waals surface area contributed by atoms with Gasteiger partial charge in [-0.2, -0.15) is 4.98 Å². The number of aromatic amines is 1. The van der Waals surface area contributed by atoms with Crippen molar-refractivity contribution in [3.63, 3.8) is 0 Å². The second kappa shape index (κ2) is 5.97. The van der Waals surface area contributed by atoms with E-state index in [1.807, 2.05) is 12.1 Å². The number of aromatic nitrogens is 2. The predicted octanol–water partition coefficient (Wildman–Crippen LogP) is 2.16. The molecule has 0 fully saturated rings. The molecule has 3 rings (SSSR count). The number of nitrogens with zero attached hydrogens (tertiary/aromatic N) is 1. The Kier molecular flexibility index (Phi) is 4.15. The molecule has 0 saturated carbocycles. The summed E-state index contributed by atoms with van der Waals surface area (Å²) < 4.78 is 6.77. The number of methoxy groups -OCH3 is 1. The van der Waals surface area contributed by atoms with E-state index in [2.05, 4.69) is 47.1 Å². The summed E-state index contributed by atoms with van der Waals surface area (Å²) in [5, 5.41) is 2.60. The molecule has 0 spiro atoms. The highest BCUT2D eigenvalue weighted by molar-refractivity contribution is 9.11. The van der Waals surface area contributed by atoms with Gasteiger partial charge in [0.05, 0.1) is 27.5 Å². The maximum absolute atomic E-state index is 12.2. The Morgan fingerprint density at radius 1 is 1.30 bits per heavy atom. The average Bonchev–Trinajstić information content (AvgIpc) is 2.74. The maximum Gasteiger partial charge on any atom is 0.258 e. The number of ether oxygens (including phenoxy) is 1. The van der Waals surface area contributed by atoms with Crippen LogP contribution in [0.3, 0.4) is 0 Å². The number of halogens is 2. The van der Waals surface area contributed by atoms with E-state index in [0.717, 1.165) is 14.5 Å². The number of nitrogens with two attached hydrogens (primary N) is 1. The Morgan fingerprint density at radius 2 is 1.96 bits per heavy atom. The zero-order valence-corrected chi connectivity index (χ0v) is 15.1. The van der Waals surface area contributed by atoms with Crippen LogP contribution >= 0.6 is 31.9 Å². The number of nitrogen functional groups attached to an aromatic ring is 1. The highest BCUT2D eigenvalue weighted by atomic mass is 79.9. The molecule has 0 aliphatic carbocycles. The highest BCUT2D eigenvalue weighted by Gasteiger charge is 2.35. The molecular weight excluding hydrogens is 432 g/mol. The van der Waals surface area contributed by atoms with E-state index in [1.54, 1.807) is 7.11 Å². The summed E-state index contributed by atoms with van der Waals surface area (Å²) in [4.78, 5) is 30.7. The van der Waals surface area contributed by atoms with Crippen LogP contribution < -0.4 is 21.3 Å². The average molecular weight is 444 g/mol. The van der Waals surface area contributed by atoms with Crippen molar-refractivity contribution in [3.05, 3.63) is 42.6 Å². The number of rotatable bonds is 3. The van der Waals surface area contributed by atoms with Gasteiger partial charge in [0, 0.05) is 0 Å². The quantitative estimate of drug-likeness (QED) is 0.673. The van der Waals surface area contributed by atoms with Gasteiger partial charge >= 0.3 is 0 Å². The third-order valence-corrected chi connectivity index (χ3v) is 4.76. The Hall–Kier alpha value is -1.87. The molecule has 1 aliphatic heterocycles. The van der Waals surface area contributed by atoms with E-state index in [0.29, 0.717) is 17.7 Å². The van der Waals surface area contributed by atoms with Gasteiger partial charge in [-0.25, -0.2) is 0 Å². The van der Waals surface area contributed by atoms with Gasteiger partial charge in [-0.3, -0.25) is 14.6 Å². The van der Waals surface area contributed by atoms with Gasteiger partial charge in [0.2, 0.25) is 11.9 Å². The van der Waals surface area contributed by atoms with Crippen molar-refractivity contribution in [2.75, 3.05) is 18.2 Å². The first-order chi connectivity index (χ1) is 10.9. The molecular formula is C14H12Br2N4O3. The van der Waals surface area contributed by atoms with Crippen LogP contribution in [0.2, 0.25) is 0 Å². The van der Waals surface area contributed by atoms with Crippen LogP contribution in [-0.4, -0.2) is 23.0 Å². The molecule has 2 heterocycles. The van der Waals surface area contributed by atoms with Crippen LogP contribution in [0.5, 0.6) is 5.75 Å². The lowest BCUT2D eigenvalue weighted by molar-refractivity contribution is -0.117. The van der Waals surface area contributed by atoms with Crippen molar-refractivity contribution in [2.24, 2.45) is 0 Å². The topological polar surface area (TPSA) is 110 Å². The molecule has 1 atom stereocenters. The lowest BCUT2D eigenvalue weighted by Gasteiger charge is -2.12. The number of H-pyrrole nitrogens is 1. The minimum absolute atomic E-state index is 0.0235. The molecule has 1 amide bonds. The SMILES string of the molecule is COc1c(Br)cc(CC2C(=O)Nc3nc(N)[nH]c(=O)c32)cc1Br. The molecule has 2 aromatic rings. The fraction of sp³-hybridized carbons (Fsp3) is 0.214. The molecule has 7 nitrogen and oxygen atoms in total. The van der Waals surface area contributed by atoms with E-state index in [-0.39, 0.29) is 17.7 Å². The van der Waals surface area contributed by atoms with Gasteiger partial charge in [-0.05, 0) is 56.0 Å². The van der Waals surface area contributed by atoms with E-state index in [1.165, 1.54) is 0 Å². The molecule has 0 saturated heterocycles. The number of nitrogens with one attached hydrogen (secondary N) is 2. The molecule has 0 bridgehead atoms. The van der Waals surface area contributed by atoms with Gasteiger partial charge < -0.3 is 15.8 Å². The zero-order valence-electron chi connectivity index (χ0n) is 11.9. The summed E-state index contributed by atoms with van der Waals surface area (Å²) in [5.74, 6) is -0.0180. The first kappa shape index (κ1) is 16.0. The molecule has 9 heteroatoms. The number of hydrogen-bond donors (Lipinski definition) is 3. The van der Waals surface area contributed by atoms with E-state index < -0.39 is 11.5 Å². The molecule has 1 aromatic heterocycles. The van der Waals surface area contributed by atoms with Crippen molar-refractivity contribution in [3.8, 4) is 5.75 Å². The van der Waals surface area contributed by atoms with Crippen LogP contribution in [0.4, 0.5) is 11.8 Å². The number of carbonyl (C=O) groups is 1. The van der Waals surface area contributed by atoms with Gasteiger partial charge in [0.1, 0.15) is 11.6 Å². The van der Waals surface area contributed by atoms with Crippen LogP contribution in [0, 0.1) is 0 Å². The molecule has 1 unspecified atom stereocenters. The smallest absolute Gasteiger partial charge is 0.258 e. The van der Waals surface area contributed by atoms with Crippen molar-refractivity contribution in [1.29, 1.82) is 0 Å². The minimum atomic E-state index is -0.617. The van der Waals surface area contributed by atoms with Crippen LogP contribution in [-0.2, 0) is 11.2 Å². The van der Waals surface area contributed by atoms with E-state index >= 15 is 0 Å². The maximum atomic E-state index is 12.2. The van der Waals surface area contributed by atoms with Crippen molar-refractivity contribution < 1.29 is 9.53 Å². The van der Waals surface area contributed by atoms with Crippen LogP contribution in [0.1, 0.15) is 17.0 Å². The first-order valence-electron chi connectivity index (χ1n) is 6.63. The minimum Gasteiger partial charge on any atom is -0.494 e. The van der Waals surface area contributed by atoms with E-state index in [4.69, 9.17) is 10.5 Å². The zero-order chi connectivity index (χ0) is 16.7. The van der Waals surface area contributed by atoms with Crippen molar-refractivity contribution in [2.45, 2.75) is 12.3 Å². The predicted molar refractivity (Wildman–Crippen MR) is 92.7 cm³/mol. The normalized spacial score (nSPS) is 16.1. The lowest BCUT2D eigenvalue weighted by Crippen LogP contribution is -2.20. The molecule has 4 N–H and O–H groups in total. The summed E-state index contributed by atoms with van der Waals surface area (Å²) in [5.41, 5.74) is 6.28. The molecule has 23 heavy (non-hydrogen) atoms. The number of amides is 1. The Morgan fingerprint density at radius 3 is 2.57 bits per heavy atom. The lowest BCUT2D eigenvalue weighted by atomic mass is 9.95. The summed E-state index contributed by atoms with van der Waals surface area (Å²) in [6.45, 7) is 0. The van der Waals surface area contributed by atoms with Gasteiger partial charge in [-0.1, -0.05) is 0 Å². The monoisotopic (exact) mass is 442 g/mol. The summed E-state index contributed by atoms with van der Waals surface area (Å²) >= 11 is 6.85. The van der Waals surface area contributed by atoms with Gasteiger partial charge in [-0.15, -0.1) is 0 Å². The van der Waals surface area contributed by atoms with E-state index in [9.17, 15) is 9.59 Å². The second-order valence-corrected chi connectivity index (χ2v) is 6.76. The number of benzene rings is 1. The Bertz CT molecular complexity index is 843. The number of carbonyl (C=O) groups excluding carboxylic acids is 1. The number of anilines is 2. The third-order valence-electron chi connectivity index (χ3n) is 3.58. The van der Waals surface area contributed by atoms with Crippen LogP contribution in [0.25, 0.3) is 0 Å². The fourth-order valence-corrected chi connectivity index (χ4v) is 4.21. The van der Waals surface area contributed by atoms with Gasteiger partial charge in [0.15, 0.2) is 0 Å². The molecule has 0 radical (unpaired) electrons. The molecule has 120 valence electrons. The number of hydrogen-bond acceptors (Lipinski definition) is 5. The standard InChI is InChI=1S/C14H12Br2N4O3/c1-23-10-7(15)3-5(4-8(10)16)2-6-9-11(18-12(6)21)19-14(17)20-13(9)22/h3-4,6H,2H2,1H3,(H4,17,18,19,20,21,22).